The summed E-state index contributed by atoms with van der Waals surface area (Å²) in [4.78, 5) is 29.0. The summed E-state index contributed by atoms with van der Waals surface area (Å²) in [7, 11) is 3.05. The molecule has 0 aliphatic carbocycles. The van der Waals surface area contributed by atoms with Gasteiger partial charge < -0.3 is 14.8 Å². The van der Waals surface area contributed by atoms with Crippen molar-refractivity contribution in [3.8, 4) is 22.9 Å². The number of anilines is 1. The summed E-state index contributed by atoms with van der Waals surface area (Å²) >= 11 is 0. The molecule has 0 saturated carbocycles. The molecule has 0 aliphatic rings. The molecule has 0 fully saturated rings. The molecule has 1 aromatic heterocycles. The van der Waals surface area contributed by atoms with Crippen molar-refractivity contribution in [3.63, 3.8) is 0 Å². The zero-order valence-electron chi connectivity index (χ0n) is 21.3. The number of tetrazole rings is 1. The van der Waals surface area contributed by atoms with Crippen LogP contribution in [0.25, 0.3) is 11.4 Å². The molecule has 0 unspecified atom stereocenters. The van der Waals surface area contributed by atoms with Gasteiger partial charge in [0.2, 0.25) is 11.7 Å². The predicted octanol–water partition coefficient (Wildman–Crippen LogP) is 3.22. The van der Waals surface area contributed by atoms with Gasteiger partial charge in [0.05, 0.1) is 14.2 Å². The smallest absolute Gasteiger partial charge is 0.251 e. The van der Waals surface area contributed by atoms with Crippen molar-refractivity contribution >= 4 is 17.5 Å². The lowest BCUT2D eigenvalue weighted by molar-refractivity contribution is -0.128. The Morgan fingerprint density at radius 1 is 1.11 bits per heavy atom. The van der Waals surface area contributed by atoms with E-state index in [1.807, 2.05) is 20.8 Å². The van der Waals surface area contributed by atoms with Crippen LogP contribution >= 0.6 is 0 Å². The van der Waals surface area contributed by atoms with Crippen molar-refractivity contribution in [2.24, 2.45) is 0 Å². The van der Waals surface area contributed by atoms with E-state index in [0.29, 0.717) is 23.5 Å². The second-order valence-electron chi connectivity index (χ2n) is 9.12. The summed E-state index contributed by atoms with van der Waals surface area (Å²) in [6.45, 7) is 7.02. The van der Waals surface area contributed by atoms with Gasteiger partial charge in [-0.3, -0.25) is 14.5 Å². The lowest BCUT2D eigenvalue weighted by Gasteiger charge is -2.32. The Morgan fingerprint density at radius 2 is 1.83 bits per heavy atom. The molecular weight excluding hydrogens is 467 g/mol. The van der Waals surface area contributed by atoms with Crippen LogP contribution in [0.5, 0.6) is 11.5 Å². The molecule has 0 aliphatic heterocycles. The molecule has 10 nitrogen and oxygen atoms in total. The number of rotatable bonds is 9. The first-order valence-electron chi connectivity index (χ1n) is 11.5. The maximum Gasteiger partial charge on any atom is 0.251 e. The number of nitrogens with zero attached hydrogens (tertiary/aromatic N) is 5. The topological polar surface area (TPSA) is 111 Å². The van der Waals surface area contributed by atoms with Gasteiger partial charge in [0, 0.05) is 16.8 Å². The van der Waals surface area contributed by atoms with Crippen LogP contribution in [0.3, 0.4) is 0 Å². The second-order valence-corrected chi connectivity index (χ2v) is 9.12. The second kappa shape index (κ2) is 11.1. The third kappa shape index (κ3) is 6.35. The molecule has 0 spiro atoms. The fourth-order valence-electron chi connectivity index (χ4n) is 3.66. The van der Waals surface area contributed by atoms with Crippen LogP contribution < -0.4 is 19.7 Å². The number of hydrogen-bond acceptors (Lipinski definition) is 7. The number of amides is 2. The molecule has 192 valence electrons. The molecule has 3 rings (SSSR count). The molecule has 0 radical (unpaired) electrons. The first kappa shape index (κ1) is 26.6. The largest absolute Gasteiger partial charge is 0.493 e. The molecule has 36 heavy (non-hydrogen) atoms. The number of nitrogens with one attached hydrogen (secondary N) is 1. The third-order valence-corrected chi connectivity index (χ3v) is 5.23. The first-order valence-corrected chi connectivity index (χ1v) is 11.5. The van der Waals surface area contributed by atoms with Gasteiger partial charge in [0.25, 0.3) is 5.91 Å². The molecule has 0 bridgehead atoms. The minimum absolute atomic E-state index is 0.260. The van der Waals surface area contributed by atoms with Gasteiger partial charge in [0.15, 0.2) is 11.5 Å². The Hall–Kier alpha value is -4.02. The Morgan fingerprint density at radius 3 is 2.44 bits per heavy atom. The number of carbonyl (C=O) groups is 2. The molecule has 11 heteroatoms. The van der Waals surface area contributed by atoms with Gasteiger partial charge in [-0.15, -0.1) is 10.2 Å². The van der Waals surface area contributed by atoms with Crippen LogP contribution in [-0.2, 0) is 16.1 Å². The van der Waals surface area contributed by atoms with E-state index in [4.69, 9.17) is 9.47 Å². The van der Waals surface area contributed by atoms with Crippen LogP contribution in [0.15, 0.2) is 42.5 Å². The highest BCUT2D eigenvalue weighted by molar-refractivity contribution is 6.00. The maximum atomic E-state index is 14.1. The van der Waals surface area contributed by atoms with Crippen molar-refractivity contribution in [3.05, 3.63) is 48.3 Å². The Kier molecular flexibility index (Phi) is 8.23. The minimum Gasteiger partial charge on any atom is -0.493 e. The van der Waals surface area contributed by atoms with E-state index in [1.54, 1.807) is 31.2 Å². The molecule has 3 aromatic rings. The average Bonchev–Trinajstić information content (AvgIpc) is 3.28. The number of methoxy groups -OCH3 is 2. The molecule has 1 heterocycles. The molecule has 1 N–H and O–H groups in total. The van der Waals surface area contributed by atoms with E-state index in [2.05, 4.69) is 20.7 Å². The summed E-state index contributed by atoms with van der Waals surface area (Å²) in [5.41, 5.74) is 0.364. The normalized spacial score (nSPS) is 12.1. The lowest BCUT2D eigenvalue weighted by Crippen LogP contribution is -2.54. The van der Waals surface area contributed by atoms with Crippen LogP contribution in [0.2, 0.25) is 0 Å². The van der Waals surface area contributed by atoms with E-state index in [-0.39, 0.29) is 24.0 Å². The standard InChI is InChI=1S/C25H31FN6O4/c1-7-19(24(34)27-25(2,3)4)32(18-10-8-9-17(26)14-18)22(33)15-31-29-23(28-30-31)16-11-12-20(35-5)21(13-16)36-6/h8-14,19H,7,15H2,1-6H3,(H,27,34)/t19-/m0/s1. The number of benzene rings is 2. The average molecular weight is 499 g/mol. The van der Waals surface area contributed by atoms with Crippen molar-refractivity contribution in [2.45, 2.75) is 52.2 Å². The van der Waals surface area contributed by atoms with E-state index in [1.165, 1.54) is 37.3 Å². The van der Waals surface area contributed by atoms with Gasteiger partial charge in [-0.2, -0.15) is 4.80 Å². The van der Waals surface area contributed by atoms with E-state index in [0.717, 1.165) is 4.80 Å². The van der Waals surface area contributed by atoms with Crippen LogP contribution in [0, 0.1) is 5.82 Å². The summed E-state index contributed by atoms with van der Waals surface area (Å²) in [5.74, 6) is -0.0402. The molecule has 2 amide bonds. The third-order valence-electron chi connectivity index (χ3n) is 5.23. The van der Waals surface area contributed by atoms with Gasteiger partial charge in [-0.1, -0.05) is 13.0 Å². The predicted molar refractivity (Wildman–Crippen MR) is 132 cm³/mol. The highest BCUT2D eigenvalue weighted by Gasteiger charge is 2.32. The minimum atomic E-state index is -0.868. The fourth-order valence-corrected chi connectivity index (χ4v) is 3.66. The fraction of sp³-hybridized carbons (Fsp3) is 0.400. The highest BCUT2D eigenvalue weighted by atomic mass is 19.1. The summed E-state index contributed by atoms with van der Waals surface area (Å²) in [6, 6.07) is 9.85. The van der Waals surface area contributed by atoms with Crippen LogP contribution in [-0.4, -0.2) is 57.8 Å². The van der Waals surface area contributed by atoms with Crippen LogP contribution in [0.1, 0.15) is 34.1 Å². The van der Waals surface area contributed by atoms with Crippen molar-refractivity contribution < 1.29 is 23.5 Å². The van der Waals surface area contributed by atoms with Crippen molar-refractivity contribution in [1.82, 2.24) is 25.5 Å². The van der Waals surface area contributed by atoms with Crippen LogP contribution in [0.4, 0.5) is 10.1 Å². The number of carbonyl (C=O) groups excluding carboxylic acids is 2. The highest BCUT2D eigenvalue weighted by Crippen LogP contribution is 2.30. The van der Waals surface area contributed by atoms with Crippen molar-refractivity contribution in [1.29, 1.82) is 0 Å². The quantitative estimate of drug-likeness (QED) is 0.482. The Bertz CT molecular complexity index is 1220. The SMILES string of the molecule is CC[C@@H](C(=O)NC(C)(C)C)N(C(=O)Cn1nnc(-c2ccc(OC)c(OC)c2)n1)c1cccc(F)c1. The van der Waals surface area contributed by atoms with Gasteiger partial charge in [0.1, 0.15) is 18.4 Å². The van der Waals surface area contributed by atoms with E-state index >= 15 is 0 Å². The van der Waals surface area contributed by atoms with Gasteiger partial charge >= 0.3 is 0 Å². The zero-order valence-corrected chi connectivity index (χ0v) is 21.3. The first-order chi connectivity index (χ1) is 17.1. The zero-order chi connectivity index (χ0) is 26.5. The Labute approximate surface area is 209 Å². The lowest BCUT2D eigenvalue weighted by atomic mass is 10.1. The van der Waals surface area contributed by atoms with Gasteiger partial charge in [-0.25, -0.2) is 4.39 Å². The van der Waals surface area contributed by atoms with E-state index < -0.39 is 23.3 Å². The number of hydrogen-bond donors (Lipinski definition) is 1. The summed E-state index contributed by atoms with van der Waals surface area (Å²) in [6.07, 6.45) is 0.311. The molecule has 1 atom stereocenters. The maximum absolute atomic E-state index is 14.1. The van der Waals surface area contributed by atoms with E-state index in [9.17, 15) is 14.0 Å². The molecule has 0 saturated heterocycles. The number of halogens is 1. The Balaban J connectivity index is 1.90. The summed E-state index contributed by atoms with van der Waals surface area (Å²) < 4.78 is 24.6. The number of ether oxygens (including phenoxy) is 2. The molecule has 2 aromatic carbocycles. The summed E-state index contributed by atoms with van der Waals surface area (Å²) in [5, 5.41) is 15.2. The monoisotopic (exact) mass is 498 g/mol. The van der Waals surface area contributed by atoms with Crippen molar-refractivity contribution in [2.75, 3.05) is 19.1 Å². The number of aromatic nitrogens is 4. The van der Waals surface area contributed by atoms with Gasteiger partial charge in [-0.05, 0) is 68.8 Å². The molecular formula is C25H31FN6O4.